The van der Waals surface area contributed by atoms with Gasteiger partial charge in [0.05, 0.1) is 15.5 Å². The molecule has 12 heteroatoms. The molecule has 0 aromatic heterocycles. The Morgan fingerprint density at radius 1 is 0.976 bits per heavy atom. The largest absolute Gasteiger partial charge is 0.354 e. The van der Waals surface area contributed by atoms with Crippen LogP contribution in [0.4, 0.5) is 11.4 Å². The number of nitro benzene ring substituents is 1. The SMILES string of the molecule is CC[C@H](C(=O)NCC(C)C)N(Cc1ccccc1Cl)C(=O)CN(c1ccc([N+](=O)[O-])cc1)S(=O)(=O)c1ccccc1. The van der Waals surface area contributed by atoms with E-state index in [2.05, 4.69) is 5.32 Å². The van der Waals surface area contributed by atoms with Gasteiger partial charge in [-0.05, 0) is 48.2 Å². The van der Waals surface area contributed by atoms with E-state index in [-0.39, 0.29) is 41.1 Å². The molecule has 0 bridgehead atoms. The van der Waals surface area contributed by atoms with Crippen LogP contribution in [0, 0.1) is 16.0 Å². The lowest BCUT2D eigenvalue weighted by atomic mass is 10.1. The number of halogens is 1. The highest BCUT2D eigenvalue weighted by molar-refractivity contribution is 7.92. The lowest BCUT2D eigenvalue weighted by Gasteiger charge is -2.33. The average molecular weight is 601 g/mol. The van der Waals surface area contributed by atoms with Gasteiger partial charge >= 0.3 is 0 Å². The highest BCUT2D eigenvalue weighted by Gasteiger charge is 2.34. The van der Waals surface area contributed by atoms with Gasteiger partial charge in [0.15, 0.2) is 0 Å². The second-order valence-electron chi connectivity index (χ2n) is 9.77. The first-order valence-electron chi connectivity index (χ1n) is 13.1. The van der Waals surface area contributed by atoms with Gasteiger partial charge in [-0.3, -0.25) is 24.0 Å². The first-order valence-corrected chi connectivity index (χ1v) is 14.9. The maximum absolute atomic E-state index is 14.0. The van der Waals surface area contributed by atoms with E-state index in [1.165, 1.54) is 41.3 Å². The summed E-state index contributed by atoms with van der Waals surface area (Å²) in [5.74, 6) is -0.832. The number of hydrogen-bond acceptors (Lipinski definition) is 6. The van der Waals surface area contributed by atoms with Crippen LogP contribution in [-0.4, -0.2) is 49.2 Å². The van der Waals surface area contributed by atoms with E-state index in [1.807, 2.05) is 13.8 Å². The van der Waals surface area contributed by atoms with Crippen molar-refractivity contribution < 1.29 is 22.9 Å². The molecule has 1 N–H and O–H groups in total. The third-order valence-electron chi connectivity index (χ3n) is 6.33. The molecule has 0 unspecified atom stereocenters. The number of hydrogen-bond donors (Lipinski definition) is 1. The van der Waals surface area contributed by atoms with Crippen molar-refractivity contribution in [3.8, 4) is 0 Å². The number of nitrogens with one attached hydrogen (secondary N) is 1. The molecule has 0 saturated carbocycles. The molecule has 0 saturated heterocycles. The normalized spacial score (nSPS) is 12.0. The summed E-state index contributed by atoms with van der Waals surface area (Å²) in [6.45, 7) is 5.37. The molecule has 0 aliphatic carbocycles. The first-order chi connectivity index (χ1) is 19.4. The maximum atomic E-state index is 14.0. The Kier molecular flexibility index (Phi) is 10.8. The van der Waals surface area contributed by atoms with E-state index in [0.29, 0.717) is 17.1 Å². The van der Waals surface area contributed by atoms with Crippen molar-refractivity contribution in [1.29, 1.82) is 0 Å². The summed E-state index contributed by atoms with van der Waals surface area (Å²) in [5.41, 5.74) is 0.415. The zero-order valence-electron chi connectivity index (χ0n) is 23.1. The van der Waals surface area contributed by atoms with Gasteiger partial charge in [-0.25, -0.2) is 8.42 Å². The van der Waals surface area contributed by atoms with Crippen molar-refractivity contribution in [2.75, 3.05) is 17.4 Å². The molecular weight excluding hydrogens is 568 g/mol. The molecular formula is C29H33ClN4O6S. The van der Waals surface area contributed by atoms with E-state index in [1.54, 1.807) is 49.4 Å². The molecule has 218 valence electrons. The molecule has 2 amide bonds. The smallest absolute Gasteiger partial charge is 0.269 e. The molecule has 0 radical (unpaired) electrons. The topological polar surface area (TPSA) is 130 Å². The number of non-ortho nitro benzene ring substituents is 1. The summed E-state index contributed by atoms with van der Waals surface area (Å²) in [6.07, 6.45) is 0.267. The lowest BCUT2D eigenvalue weighted by Crippen LogP contribution is -2.52. The second-order valence-corrected chi connectivity index (χ2v) is 12.0. The Bertz CT molecular complexity index is 1470. The van der Waals surface area contributed by atoms with Crippen molar-refractivity contribution in [1.82, 2.24) is 10.2 Å². The number of anilines is 1. The zero-order chi connectivity index (χ0) is 30.2. The van der Waals surface area contributed by atoms with Gasteiger partial charge in [-0.15, -0.1) is 0 Å². The summed E-state index contributed by atoms with van der Waals surface area (Å²) < 4.78 is 28.5. The highest BCUT2D eigenvalue weighted by Crippen LogP contribution is 2.27. The molecule has 1 atom stereocenters. The van der Waals surface area contributed by atoms with Crippen LogP contribution in [0.3, 0.4) is 0 Å². The number of nitrogens with zero attached hydrogens (tertiary/aromatic N) is 3. The van der Waals surface area contributed by atoms with Gasteiger partial charge in [-0.2, -0.15) is 0 Å². The van der Waals surface area contributed by atoms with E-state index in [0.717, 1.165) is 4.31 Å². The summed E-state index contributed by atoms with van der Waals surface area (Å²) in [7, 11) is -4.28. The minimum Gasteiger partial charge on any atom is -0.354 e. The van der Waals surface area contributed by atoms with Crippen molar-refractivity contribution >= 4 is 44.8 Å². The van der Waals surface area contributed by atoms with Crippen LogP contribution in [0.1, 0.15) is 32.8 Å². The minimum absolute atomic E-state index is 0.0361. The van der Waals surface area contributed by atoms with E-state index in [4.69, 9.17) is 11.6 Å². The quantitative estimate of drug-likeness (QED) is 0.216. The Hall–Kier alpha value is -3.96. The number of carbonyl (C=O) groups excluding carboxylic acids is 2. The van der Waals surface area contributed by atoms with Gasteiger partial charge in [0.2, 0.25) is 11.8 Å². The van der Waals surface area contributed by atoms with E-state index in [9.17, 15) is 28.1 Å². The maximum Gasteiger partial charge on any atom is 0.269 e. The summed E-state index contributed by atoms with van der Waals surface area (Å²) in [5, 5.41) is 14.5. The predicted molar refractivity (Wildman–Crippen MR) is 158 cm³/mol. The third-order valence-corrected chi connectivity index (χ3v) is 8.48. The zero-order valence-corrected chi connectivity index (χ0v) is 24.6. The van der Waals surface area contributed by atoms with Crippen molar-refractivity contribution in [3.63, 3.8) is 0 Å². The fraction of sp³-hybridized carbons (Fsp3) is 0.310. The highest BCUT2D eigenvalue weighted by atomic mass is 35.5. The number of benzene rings is 3. The van der Waals surface area contributed by atoms with Crippen LogP contribution in [0.15, 0.2) is 83.8 Å². The Balaban J connectivity index is 2.06. The van der Waals surface area contributed by atoms with Crippen LogP contribution in [0.2, 0.25) is 5.02 Å². The van der Waals surface area contributed by atoms with Crippen LogP contribution in [0.5, 0.6) is 0 Å². The second kappa shape index (κ2) is 14.1. The fourth-order valence-corrected chi connectivity index (χ4v) is 5.77. The summed E-state index contributed by atoms with van der Waals surface area (Å²) >= 11 is 6.40. The number of amides is 2. The van der Waals surface area contributed by atoms with E-state index < -0.39 is 33.4 Å². The molecule has 41 heavy (non-hydrogen) atoms. The lowest BCUT2D eigenvalue weighted by molar-refractivity contribution is -0.384. The van der Waals surface area contributed by atoms with Crippen molar-refractivity contribution in [3.05, 3.63) is 99.6 Å². The molecule has 3 aromatic carbocycles. The number of nitro groups is 1. The molecule has 10 nitrogen and oxygen atoms in total. The molecule has 0 heterocycles. The fourth-order valence-electron chi connectivity index (χ4n) is 4.14. The Morgan fingerprint density at radius 2 is 1.59 bits per heavy atom. The third kappa shape index (κ3) is 8.05. The van der Waals surface area contributed by atoms with Gasteiger partial charge in [0.1, 0.15) is 12.6 Å². The number of sulfonamides is 1. The minimum atomic E-state index is -4.28. The van der Waals surface area contributed by atoms with Crippen molar-refractivity contribution in [2.24, 2.45) is 5.92 Å². The molecule has 0 aliphatic rings. The number of carbonyl (C=O) groups is 2. The van der Waals surface area contributed by atoms with Crippen molar-refractivity contribution in [2.45, 2.75) is 44.7 Å². The summed E-state index contributed by atoms with van der Waals surface area (Å²) in [4.78, 5) is 39.1. The molecule has 3 rings (SSSR count). The van der Waals surface area contributed by atoms with Gasteiger partial charge < -0.3 is 10.2 Å². The predicted octanol–water partition coefficient (Wildman–Crippen LogP) is 5.02. The van der Waals surface area contributed by atoms with Gasteiger partial charge in [0.25, 0.3) is 15.7 Å². The molecule has 3 aromatic rings. The molecule has 0 spiro atoms. The van der Waals surface area contributed by atoms with E-state index >= 15 is 0 Å². The van der Waals surface area contributed by atoms with Gasteiger partial charge in [-0.1, -0.05) is 68.8 Å². The monoisotopic (exact) mass is 600 g/mol. The average Bonchev–Trinajstić information content (AvgIpc) is 2.96. The summed E-state index contributed by atoms with van der Waals surface area (Å²) in [6, 6.07) is 18.4. The molecule has 0 fully saturated rings. The standard InChI is InChI=1S/C29H33ClN4O6S/c1-4-27(29(36)31-18-21(2)3)32(19-22-10-8-9-13-26(22)30)28(35)20-33(23-14-16-24(17-15-23)34(37)38)41(39,40)25-11-6-5-7-12-25/h5-17,21,27H,4,18-20H2,1-3H3,(H,31,36)/t27-/m1/s1. The van der Waals surface area contributed by atoms with Crippen LogP contribution < -0.4 is 9.62 Å². The number of rotatable bonds is 13. The Morgan fingerprint density at radius 3 is 2.15 bits per heavy atom. The van der Waals surface area contributed by atoms with Gasteiger partial charge in [0, 0.05) is 30.2 Å². The van der Waals surface area contributed by atoms with Crippen LogP contribution >= 0.6 is 11.6 Å². The van der Waals surface area contributed by atoms with Crippen LogP contribution in [0.25, 0.3) is 0 Å². The molecule has 0 aliphatic heterocycles. The van der Waals surface area contributed by atoms with Crippen LogP contribution in [-0.2, 0) is 26.2 Å². The first kappa shape index (κ1) is 31.6. The Labute approximate surface area is 245 Å².